The smallest absolute Gasteiger partial charge is 0.265 e. The minimum absolute atomic E-state index is 0.0954. The summed E-state index contributed by atoms with van der Waals surface area (Å²) in [5, 5.41) is 0.699. The molecule has 1 atom stereocenters. The number of benzene rings is 2. The van der Waals surface area contributed by atoms with Gasteiger partial charge in [0.1, 0.15) is 33.2 Å². The number of nitrogens with one attached hydrogen (secondary N) is 1. The fourth-order valence-corrected chi connectivity index (χ4v) is 5.20. The zero-order valence-electron chi connectivity index (χ0n) is 21.7. The molecule has 1 N–H and O–H groups in total. The molecule has 4 rings (SSSR count). The van der Waals surface area contributed by atoms with E-state index >= 15 is 0 Å². The summed E-state index contributed by atoms with van der Waals surface area (Å²) in [6.45, 7) is 2.32. The molecular formula is C27H29N3O6S2. The number of hydrogen-bond acceptors (Lipinski definition) is 8. The van der Waals surface area contributed by atoms with Crippen molar-refractivity contribution in [2.45, 2.75) is 17.9 Å². The monoisotopic (exact) mass is 555 g/mol. The van der Waals surface area contributed by atoms with E-state index in [1.807, 2.05) is 31.2 Å². The number of carbonyl (C=O) groups is 1. The Hall–Kier alpha value is -3.67. The van der Waals surface area contributed by atoms with Gasteiger partial charge in [-0.3, -0.25) is 4.79 Å². The maximum Gasteiger partial charge on any atom is 0.265 e. The predicted molar refractivity (Wildman–Crippen MR) is 147 cm³/mol. The maximum atomic E-state index is 12.3. The van der Waals surface area contributed by atoms with Crippen LogP contribution in [0, 0.1) is 0 Å². The van der Waals surface area contributed by atoms with Crippen LogP contribution in [-0.4, -0.2) is 69.4 Å². The lowest BCUT2D eigenvalue weighted by molar-refractivity contribution is 0.0832. The molecule has 1 amide bonds. The van der Waals surface area contributed by atoms with Gasteiger partial charge in [0.25, 0.3) is 5.91 Å². The molecule has 2 aromatic carbocycles. The number of rotatable bonds is 10. The van der Waals surface area contributed by atoms with Gasteiger partial charge in [-0.2, -0.15) is 0 Å². The molecule has 0 spiro atoms. The van der Waals surface area contributed by atoms with E-state index in [0.717, 1.165) is 23.2 Å². The number of nitrogens with zero attached hydrogens (tertiary/aromatic N) is 2. The van der Waals surface area contributed by atoms with Gasteiger partial charge in [-0.25, -0.2) is 13.4 Å². The fraction of sp³-hybridized carbons (Fsp3) is 0.259. The molecule has 11 heteroatoms. The van der Waals surface area contributed by atoms with Crippen molar-refractivity contribution in [1.82, 2.24) is 14.9 Å². The number of hydrogen-bond donors (Lipinski definition) is 1. The van der Waals surface area contributed by atoms with E-state index in [2.05, 4.69) is 9.97 Å². The molecular weight excluding hydrogens is 526 g/mol. The van der Waals surface area contributed by atoms with E-state index in [4.69, 9.17) is 14.2 Å². The molecule has 0 radical (unpaired) electrons. The maximum absolute atomic E-state index is 12.3. The first-order valence-electron chi connectivity index (χ1n) is 11.7. The Kier molecular flexibility index (Phi) is 8.20. The van der Waals surface area contributed by atoms with Gasteiger partial charge in [-0.1, -0.05) is 0 Å². The second kappa shape index (κ2) is 11.4. The van der Waals surface area contributed by atoms with Crippen LogP contribution in [0.25, 0.3) is 22.0 Å². The Labute approximate surface area is 225 Å². The van der Waals surface area contributed by atoms with Crippen molar-refractivity contribution in [1.29, 1.82) is 0 Å². The number of thiazole rings is 1. The SMILES string of the molecule is COC[C@H](C)Oc1cc(Oc2ccc(S(C)(=O)=O)cc2)cc(-c2ccc(-c3ncc(C(=O)N(C)C)s3)[nH]2)c1. The van der Waals surface area contributed by atoms with Crippen LogP contribution in [0.1, 0.15) is 16.6 Å². The Morgan fingerprint density at radius 2 is 1.71 bits per heavy atom. The van der Waals surface area contributed by atoms with Crippen molar-refractivity contribution < 1.29 is 27.4 Å². The Morgan fingerprint density at radius 1 is 1.03 bits per heavy atom. The van der Waals surface area contributed by atoms with Gasteiger partial charge in [0.15, 0.2) is 9.84 Å². The van der Waals surface area contributed by atoms with Crippen LogP contribution < -0.4 is 9.47 Å². The number of amides is 1. The summed E-state index contributed by atoms with van der Waals surface area (Å²) in [7, 11) is 1.72. The van der Waals surface area contributed by atoms with Gasteiger partial charge >= 0.3 is 0 Å². The van der Waals surface area contributed by atoms with Gasteiger partial charge in [-0.15, -0.1) is 11.3 Å². The quantitative estimate of drug-likeness (QED) is 0.289. The summed E-state index contributed by atoms with van der Waals surface area (Å²) in [6, 6.07) is 15.6. The van der Waals surface area contributed by atoms with Gasteiger partial charge in [-0.05, 0) is 55.5 Å². The molecule has 0 bridgehead atoms. The molecule has 9 nitrogen and oxygen atoms in total. The molecule has 2 aromatic heterocycles. The van der Waals surface area contributed by atoms with Crippen LogP contribution in [0.15, 0.2) is 65.7 Å². The van der Waals surface area contributed by atoms with Gasteiger partial charge in [0, 0.05) is 44.8 Å². The number of ether oxygens (including phenoxy) is 3. The van der Waals surface area contributed by atoms with Crippen molar-refractivity contribution in [2.24, 2.45) is 0 Å². The molecule has 0 aliphatic heterocycles. The van der Waals surface area contributed by atoms with Crippen LogP contribution in [0.5, 0.6) is 17.2 Å². The van der Waals surface area contributed by atoms with Crippen LogP contribution in [0.2, 0.25) is 0 Å². The largest absolute Gasteiger partial charge is 0.488 e. The van der Waals surface area contributed by atoms with Gasteiger partial charge < -0.3 is 24.1 Å². The van der Waals surface area contributed by atoms with Crippen molar-refractivity contribution in [3.8, 4) is 39.2 Å². The highest BCUT2D eigenvalue weighted by atomic mass is 32.2. The highest BCUT2D eigenvalue weighted by Crippen LogP contribution is 2.35. The van der Waals surface area contributed by atoms with Crippen molar-refractivity contribution in [3.05, 3.63) is 65.7 Å². The zero-order valence-corrected chi connectivity index (χ0v) is 23.4. The standard InChI is InChI=1S/C27H29N3O6S2/c1-17(16-34-4)35-20-12-18(13-21(14-20)36-19-6-8-22(9-7-19)38(5,32)33)23-10-11-24(29-23)26-28-15-25(37-26)27(31)30(2)3/h6-15,17,29H,16H2,1-5H3/t17-/m0/s1. The summed E-state index contributed by atoms with van der Waals surface area (Å²) in [5.74, 6) is 1.48. The number of sulfone groups is 1. The molecule has 0 aliphatic carbocycles. The lowest BCUT2D eigenvalue weighted by Crippen LogP contribution is -2.20. The van der Waals surface area contributed by atoms with E-state index in [1.54, 1.807) is 45.6 Å². The molecule has 38 heavy (non-hydrogen) atoms. The molecule has 0 saturated heterocycles. The second-order valence-electron chi connectivity index (χ2n) is 8.94. The predicted octanol–water partition coefficient (Wildman–Crippen LogP) is 5.12. The van der Waals surface area contributed by atoms with Crippen molar-refractivity contribution in [2.75, 3.05) is 34.1 Å². The molecule has 200 valence electrons. The summed E-state index contributed by atoms with van der Waals surface area (Å²) in [6.07, 6.45) is 2.54. The molecule has 0 saturated carbocycles. The van der Waals surface area contributed by atoms with Crippen LogP contribution in [0.4, 0.5) is 0 Å². The highest BCUT2D eigenvalue weighted by Gasteiger charge is 2.16. The first-order chi connectivity index (χ1) is 18.0. The normalized spacial score (nSPS) is 12.2. The van der Waals surface area contributed by atoms with Crippen LogP contribution in [-0.2, 0) is 14.6 Å². The Morgan fingerprint density at radius 3 is 2.37 bits per heavy atom. The lowest BCUT2D eigenvalue weighted by atomic mass is 10.1. The number of H-pyrrole nitrogens is 1. The summed E-state index contributed by atoms with van der Waals surface area (Å²) < 4.78 is 40.9. The second-order valence-corrected chi connectivity index (χ2v) is 12.0. The third-order valence-corrected chi connectivity index (χ3v) is 7.60. The topological polar surface area (TPSA) is 111 Å². The van der Waals surface area contributed by atoms with E-state index in [0.29, 0.717) is 33.7 Å². The minimum atomic E-state index is -3.31. The lowest BCUT2D eigenvalue weighted by Gasteiger charge is -2.16. The molecule has 4 aromatic rings. The summed E-state index contributed by atoms with van der Waals surface area (Å²) in [5.41, 5.74) is 2.39. The van der Waals surface area contributed by atoms with E-state index in [-0.39, 0.29) is 16.9 Å². The molecule has 2 heterocycles. The van der Waals surface area contributed by atoms with Crippen molar-refractivity contribution in [3.63, 3.8) is 0 Å². The van der Waals surface area contributed by atoms with Crippen LogP contribution in [0.3, 0.4) is 0 Å². The number of aromatic amines is 1. The number of carbonyl (C=O) groups excluding carboxylic acids is 1. The minimum Gasteiger partial charge on any atom is -0.488 e. The first kappa shape index (κ1) is 27.4. The first-order valence-corrected chi connectivity index (χ1v) is 14.4. The Balaban J connectivity index is 1.65. The number of aromatic nitrogens is 2. The molecule has 0 unspecified atom stereocenters. The van der Waals surface area contributed by atoms with Gasteiger partial charge in [0.05, 0.1) is 23.4 Å². The number of methoxy groups -OCH3 is 1. The van der Waals surface area contributed by atoms with Crippen molar-refractivity contribution >= 4 is 27.1 Å². The van der Waals surface area contributed by atoms with E-state index < -0.39 is 9.84 Å². The van der Waals surface area contributed by atoms with Gasteiger partial charge in [0.2, 0.25) is 0 Å². The summed E-state index contributed by atoms with van der Waals surface area (Å²) >= 11 is 1.32. The molecule has 0 aliphatic rings. The average Bonchev–Trinajstić information content (AvgIpc) is 3.53. The third-order valence-electron chi connectivity index (χ3n) is 5.46. The average molecular weight is 556 g/mol. The van der Waals surface area contributed by atoms with Crippen LogP contribution >= 0.6 is 11.3 Å². The fourth-order valence-electron chi connectivity index (χ4n) is 3.65. The zero-order chi connectivity index (χ0) is 27.4. The molecule has 0 fully saturated rings. The highest BCUT2D eigenvalue weighted by molar-refractivity contribution is 7.90. The third kappa shape index (κ3) is 6.60. The summed E-state index contributed by atoms with van der Waals surface area (Å²) in [4.78, 5) is 22.3. The Bertz CT molecular complexity index is 1520. The van der Waals surface area contributed by atoms with E-state index in [9.17, 15) is 13.2 Å². The van der Waals surface area contributed by atoms with E-state index in [1.165, 1.54) is 28.4 Å².